The third-order valence-electron chi connectivity index (χ3n) is 7.07. The number of aromatic nitrogens is 3. The Morgan fingerprint density at radius 3 is 2.53 bits per heavy atom. The number of amides is 1. The summed E-state index contributed by atoms with van der Waals surface area (Å²) in [4.78, 5) is 38.9. The molecule has 2 bridgehead atoms. The molecule has 10 heteroatoms. The third kappa shape index (κ3) is 4.15. The van der Waals surface area contributed by atoms with Crippen molar-refractivity contribution in [3.8, 4) is 11.5 Å². The van der Waals surface area contributed by atoms with Gasteiger partial charge in [0.1, 0.15) is 17.8 Å². The number of nitrogens with zero attached hydrogens (tertiary/aromatic N) is 5. The highest BCUT2D eigenvalue weighted by atomic mass is 16.5. The summed E-state index contributed by atoms with van der Waals surface area (Å²) < 4.78 is 13.1. The lowest BCUT2D eigenvalue weighted by molar-refractivity contribution is -0.0884. The van der Waals surface area contributed by atoms with Crippen LogP contribution in [0.15, 0.2) is 35.3 Å². The Morgan fingerprint density at radius 1 is 1.17 bits per heavy atom. The molecule has 3 aromatic rings. The summed E-state index contributed by atoms with van der Waals surface area (Å²) in [6.07, 6.45) is 4.50. The normalized spacial score (nSPS) is 20.0. The minimum absolute atomic E-state index is 0.149. The van der Waals surface area contributed by atoms with Gasteiger partial charge in [-0.05, 0) is 57.5 Å². The van der Waals surface area contributed by atoms with Crippen molar-refractivity contribution in [3.63, 3.8) is 0 Å². The third-order valence-corrected chi connectivity index (χ3v) is 7.07. The Labute approximate surface area is 209 Å². The molecule has 10 nitrogen and oxygen atoms in total. The lowest BCUT2D eigenvalue weighted by atomic mass is 9.49. The number of ether oxygens (including phenoxy) is 2. The van der Waals surface area contributed by atoms with Gasteiger partial charge < -0.3 is 24.6 Å². The number of methoxy groups -OCH3 is 1. The first-order valence-corrected chi connectivity index (χ1v) is 12.1. The summed E-state index contributed by atoms with van der Waals surface area (Å²) in [6, 6.07) is 7.14. The molecule has 2 aromatic heterocycles. The summed E-state index contributed by atoms with van der Waals surface area (Å²) >= 11 is 0. The quantitative estimate of drug-likeness (QED) is 0.487. The number of carbonyl (C=O) groups is 1. The topological polar surface area (TPSA) is 102 Å². The number of pyridine rings is 1. The van der Waals surface area contributed by atoms with Gasteiger partial charge >= 0.3 is 0 Å². The van der Waals surface area contributed by atoms with Crippen LogP contribution < -0.4 is 20.3 Å². The minimum Gasteiger partial charge on any atom is -0.493 e. The van der Waals surface area contributed by atoms with Gasteiger partial charge in [-0.2, -0.15) is 4.98 Å². The first kappa shape index (κ1) is 24.1. The molecule has 6 rings (SSSR count). The lowest BCUT2D eigenvalue weighted by Gasteiger charge is -2.62. The summed E-state index contributed by atoms with van der Waals surface area (Å²) in [7, 11) is 8.87. The largest absolute Gasteiger partial charge is 0.493 e. The van der Waals surface area contributed by atoms with Gasteiger partial charge in [0.05, 0.1) is 12.6 Å². The van der Waals surface area contributed by atoms with Gasteiger partial charge in [-0.15, -0.1) is 0 Å². The maximum Gasteiger partial charge on any atom is 0.265 e. The highest BCUT2D eigenvalue weighted by Gasteiger charge is 2.59. The molecule has 3 saturated carbocycles. The number of nitrogens with one attached hydrogen (secondary N) is 1. The number of benzene rings is 1. The van der Waals surface area contributed by atoms with Gasteiger partial charge in [-0.3, -0.25) is 14.2 Å². The number of carbonyl (C=O) groups excluding carboxylic acids is 1. The molecule has 1 amide bonds. The molecular weight excluding hydrogens is 460 g/mol. The van der Waals surface area contributed by atoms with E-state index in [2.05, 4.69) is 10.3 Å². The molecule has 190 valence electrons. The fourth-order valence-electron chi connectivity index (χ4n) is 5.03. The fourth-order valence-corrected chi connectivity index (χ4v) is 5.03. The standard InChI is InChI=1S/C26H32N6O4/c1-30(2)8-9-36-20-7-6-18(11-21(20)35-5)28-25-27-15-17-10-19(23(33)31(3)4)24(34)32(22(17)29-25)26-12-16(13-26)14-26/h6-7,10-11,15-16H,8-9,12-14H2,1-5H3,(H,27,28,29). The van der Waals surface area contributed by atoms with Gasteiger partial charge in [0.25, 0.3) is 11.5 Å². The monoisotopic (exact) mass is 492 g/mol. The smallest absolute Gasteiger partial charge is 0.265 e. The second-order valence-corrected chi connectivity index (χ2v) is 10.2. The van der Waals surface area contributed by atoms with Gasteiger partial charge in [0.2, 0.25) is 5.95 Å². The van der Waals surface area contributed by atoms with Crippen LogP contribution in [0.3, 0.4) is 0 Å². The van der Waals surface area contributed by atoms with Crippen LogP contribution in [-0.4, -0.2) is 78.7 Å². The number of hydrogen-bond donors (Lipinski definition) is 1. The van der Waals surface area contributed by atoms with E-state index >= 15 is 0 Å². The van der Waals surface area contributed by atoms with Crippen LogP contribution in [0.1, 0.15) is 29.6 Å². The molecule has 0 unspecified atom stereocenters. The van der Waals surface area contributed by atoms with E-state index in [1.165, 1.54) is 4.90 Å². The van der Waals surface area contributed by atoms with Crippen molar-refractivity contribution in [2.75, 3.05) is 53.8 Å². The van der Waals surface area contributed by atoms with Crippen molar-refractivity contribution in [2.45, 2.75) is 24.8 Å². The number of fused-ring (bicyclic) bond motifs is 1. The van der Waals surface area contributed by atoms with Crippen LogP contribution in [0, 0.1) is 5.92 Å². The number of rotatable bonds is 9. The molecule has 1 aromatic carbocycles. The van der Waals surface area contributed by atoms with E-state index in [9.17, 15) is 9.59 Å². The van der Waals surface area contributed by atoms with Crippen LogP contribution in [-0.2, 0) is 5.54 Å². The molecule has 1 N–H and O–H groups in total. The maximum atomic E-state index is 13.5. The predicted molar refractivity (Wildman–Crippen MR) is 137 cm³/mol. The Morgan fingerprint density at radius 2 is 1.92 bits per heavy atom. The molecule has 0 aliphatic heterocycles. The van der Waals surface area contributed by atoms with Crippen LogP contribution in [0.5, 0.6) is 11.5 Å². The molecule has 0 radical (unpaired) electrons. The van der Waals surface area contributed by atoms with E-state index in [0.29, 0.717) is 41.0 Å². The molecule has 0 atom stereocenters. The first-order valence-electron chi connectivity index (χ1n) is 12.1. The molecule has 36 heavy (non-hydrogen) atoms. The van der Waals surface area contributed by atoms with Crippen molar-refractivity contribution in [1.82, 2.24) is 24.3 Å². The Kier molecular flexibility index (Phi) is 6.07. The second-order valence-electron chi connectivity index (χ2n) is 10.2. The molecule has 3 fully saturated rings. The molecule has 2 heterocycles. The number of anilines is 2. The predicted octanol–water partition coefficient (Wildman–Crippen LogP) is 2.69. The number of hydrogen-bond acceptors (Lipinski definition) is 8. The van der Waals surface area contributed by atoms with Crippen molar-refractivity contribution in [2.24, 2.45) is 5.92 Å². The molecule has 0 spiro atoms. The van der Waals surface area contributed by atoms with E-state index < -0.39 is 0 Å². The average Bonchev–Trinajstić information content (AvgIpc) is 2.78. The average molecular weight is 493 g/mol. The van der Waals surface area contributed by atoms with Gasteiger partial charge in [0.15, 0.2) is 11.5 Å². The highest BCUT2D eigenvalue weighted by molar-refractivity contribution is 5.96. The van der Waals surface area contributed by atoms with Gasteiger partial charge in [-0.1, -0.05) is 0 Å². The summed E-state index contributed by atoms with van der Waals surface area (Å²) in [5, 5.41) is 3.88. The molecule has 3 aliphatic carbocycles. The van der Waals surface area contributed by atoms with Gasteiger partial charge in [-0.25, -0.2) is 4.98 Å². The summed E-state index contributed by atoms with van der Waals surface area (Å²) in [5.41, 5.74) is 0.885. The second kappa shape index (κ2) is 9.09. The highest BCUT2D eigenvalue weighted by Crippen LogP contribution is 2.62. The van der Waals surface area contributed by atoms with Crippen LogP contribution in [0.2, 0.25) is 0 Å². The zero-order chi connectivity index (χ0) is 25.6. The molecule has 0 saturated heterocycles. The Balaban J connectivity index is 1.48. The molecule has 3 aliphatic rings. The van der Waals surface area contributed by atoms with Gasteiger partial charge in [0, 0.05) is 44.0 Å². The summed E-state index contributed by atoms with van der Waals surface area (Å²) in [5.74, 6) is 1.95. The minimum atomic E-state index is -0.315. The van der Waals surface area contributed by atoms with Crippen LogP contribution >= 0.6 is 0 Å². The van der Waals surface area contributed by atoms with Crippen molar-refractivity contribution >= 4 is 28.6 Å². The van der Waals surface area contributed by atoms with Crippen LogP contribution in [0.25, 0.3) is 11.0 Å². The SMILES string of the molecule is COc1cc(Nc2ncc3cc(C(=O)N(C)C)c(=O)n(C45CC(C4)C5)c3n2)ccc1OCCN(C)C. The summed E-state index contributed by atoms with van der Waals surface area (Å²) in [6.45, 7) is 1.34. The lowest BCUT2D eigenvalue weighted by Crippen LogP contribution is -2.62. The number of likely N-dealkylation sites (N-methyl/N-ethyl adjacent to an activating group) is 1. The zero-order valence-electron chi connectivity index (χ0n) is 21.4. The van der Waals surface area contributed by atoms with Crippen molar-refractivity contribution < 1.29 is 14.3 Å². The van der Waals surface area contributed by atoms with E-state index in [1.54, 1.807) is 38.0 Å². The molecular formula is C26H32N6O4. The Bertz CT molecular complexity index is 1370. The van der Waals surface area contributed by atoms with E-state index in [1.807, 2.05) is 37.2 Å². The van der Waals surface area contributed by atoms with E-state index in [4.69, 9.17) is 14.5 Å². The van der Waals surface area contributed by atoms with E-state index in [-0.39, 0.29) is 22.6 Å². The fraction of sp³-hybridized carbons (Fsp3) is 0.462. The Hall–Kier alpha value is -3.66. The maximum absolute atomic E-state index is 13.5. The van der Waals surface area contributed by atoms with Crippen LogP contribution in [0.4, 0.5) is 11.6 Å². The van der Waals surface area contributed by atoms with Crippen molar-refractivity contribution in [1.29, 1.82) is 0 Å². The van der Waals surface area contributed by atoms with Crippen molar-refractivity contribution in [3.05, 3.63) is 46.4 Å². The zero-order valence-corrected chi connectivity index (χ0v) is 21.4. The first-order chi connectivity index (χ1) is 17.2. The van der Waals surface area contributed by atoms with E-state index in [0.717, 1.165) is 31.5 Å².